The zero-order valence-electron chi connectivity index (χ0n) is 12.7. The van der Waals surface area contributed by atoms with Gasteiger partial charge in [0.2, 0.25) is 5.91 Å². The smallest absolute Gasteiger partial charge is 0.218 e. The fourth-order valence-electron chi connectivity index (χ4n) is 2.43. The monoisotopic (exact) mass is 327 g/mol. The zero-order chi connectivity index (χ0) is 16.8. The molecular formula is C15H21NO7. The van der Waals surface area contributed by atoms with Crippen LogP contribution in [0, 0.1) is 0 Å². The Kier molecular flexibility index (Phi) is 6.46. The van der Waals surface area contributed by atoms with Gasteiger partial charge in [0, 0.05) is 6.92 Å². The molecule has 1 amide bonds. The lowest BCUT2D eigenvalue weighted by molar-refractivity contribution is -0.303. The third kappa shape index (κ3) is 4.71. The third-order valence-electron chi connectivity index (χ3n) is 3.56. The Balaban J connectivity index is 2.07. The molecule has 1 fully saturated rings. The molecule has 2 rings (SSSR count). The van der Waals surface area contributed by atoms with Crippen molar-refractivity contribution in [3.63, 3.8) is 0 Å². The molecule has 0 bridgehead atoms. The molecule has 0 spiro atoms. The molecule has 8 nitrogen and oxygen atoms in total. The van der Waals surface area contributed by atoms with Crippen LogP contribution in [0.2, 0.25) is 0 Å². The Hall–Kier alpha value is -1.55. The van der Waals surface area contributed by atoms with Crippen molar-refractivity contribution in [3.8, 4) is 0 Å². The van der Waals surface area contributed by atoms with Gasteiger partial charge in [0.25, 0.3) is 0 Å². The van der Waals surface area contributed by atoms with Crippen molar-refractivity contribution in [2.45, 2.75) is 44.2 Å². The first-order valence-electron chi connectivity index (χ1n) is 7.23. The molecule has 0 saturated carbocycles. The number of carbonyl (C=O) groups excluding carboxylic acids is 1. The van der Waals surface area contributed by atoms with Gasteiger partial charge in [-0.25, -0.2) is 4.89 Å². The highest BCUT2D eigenvalue weighted by molar-refractivity contribution is 5.73. The van der Waals surface area contributed by atoms with Crippen LogP contribution in [0.1, 0.15) is 12.5 Å². The summed E-state index contributed by atoms with van der Waals surface area (Å²) in [6.45, 7) is 1.12. The van der Waals surface area contributed by atoms with E-state index in [2.05, 4.69) is 10.2 Å². The summed E-state index contributed by atoms with van der Waals surface area (Å²) in [6, 6.07) is 9.24. The van der Waals surface area contributed by atoms with Crippen molar-refractivity contribution in [3.05, 3.63) is 35.9 Å². The number of carbonyl (C=O) groups is 1. The summed E-state index contributed by atoms with van der Waals surface area (Å²) in [7, 11) is 0. The second-order valence-electron chi connectivity index (χ2n) is 5.33. The van der Waals surface area contributed by atoms with Gasteiger partial charge in [0.05, 0.1) is 6.61 Å². The van der Waals surface area contributed by atoms with Crippen LogP contribution < -0.4 is 5.32 Å². The Bertz CT molecular complexity index is 498. The van der Waals surface area contributed by atoms with Crippen LogP contribution >= 0.6 is 0 Å². The fourth-order valence-corrected chi connectivity index (χ4v) is 2.43. The summed E-state index contributed by atoms with van der Waals surface area (Å²) in [5.74, 6) is -0.407. The number of ether oxygens (including phenoxy) is 2. The number of nitrogens with one attached hydrogen (secondary N) is 1. The van der Waals surface area contributed by atoms with Gasteiger partial charge in [0.1, 0.15) is 31.0 Å². The van der Waals surface area contributed by atoms with Gasteiger partial charge in [-0.05, 0) is 5.56 Å². The van der Waals surface area contributed by atoms with Gasteiger partial charge in [-0.15, -0.1) is 0 Å². The van der Waals surface area contributed by atoms with Gasteiger partial charge < -0.3 is 25.0 Å². The molecule has 0 radical (unpaired) electrons. The Labute approximate surface area is 133 Å². The number of amides is 1. The Morgan fingerprint density at radius 3 is 2.57 bits per heavy atom. The molecule has 4 N–H and O–H groups in total. The van der Waals surface area contributed by atoms with Crippen molar-refractivity contribution in [2.24, 2.45) is 0 Å². The van der Waals surface area contributed by atoms with Crippen LogP contribution in [-0.2, 0) is 25.8 Å². The van der Waals surface area contributed by atoms with Crippen LogP contribution in [0.25, 0.3) is 0 Å². The van der Waals surface area contributed by atoms with Gasteiger partial charge in [-0.2, -0.15) is 0 Å². The van der Waals surface area contributed by atoms with E-state index in [1.165, 1.54) is 6.92 Å². The minimum absolute atomic E-state index is 0.166. The van der Waals surface area contributed by atoms with Gasteiger partial charge in [-0.3, -0.25) is 10.1 Å². The van der Waals surface area contributed by atoms with Crippen LogP contribution in [0.4, 0.5) is 0 Å². The quantitative estimate of drug-likeness (QED) is 0.416. The lowest BCUT2D eigenvalue weighted by atomic mass is 9.98. The summed E-state index contributed by atoms with van der Waals surface area (Å²) in [5, 5.41) is 31.5. The fraction of sp³-hybridized carbons (Fsp3) is 0.533. The average molecular weight is 327 g/mol. The largest absolute Gasteiger partial charge is 0.387 e. The minimum atomic E-state index is -1.27. The summed E-state index contributed by atoms with van der Waals surface area (Å²) in [4.78, 5) is 15.2. The highest BCUT2D eigenvalue weighted by atomic mass is 17.1. The van der Waals surface area contributed by atoms with E-state index in [1.807, 2.05) is 30.3 Å². The van der Waals surface area contributed by atoms with E-state index in [0.29, 0.717) is 0 Å². The molecule has 1 aromatic carbocycles. The Morgan fingerprint density at radius 2 is 1.96 bits per heavy atom. The summed E-state index contributed by atoms with van der Waals surface area (Å²) >= 11 is 0. The van der Waals surface area contributed by atoms with Gasteiger partial charge in [0.15, 0.2) is 6.23 Å². The van der Waals surface area contributed by atoms with E-state index in [0.717, 1.165) is 5.56 Å². The van der Waals surface area contributed by atoms with Crippen molar-refractivity contribution in [1.82, 2.24) is 5.32 Å². The lowest BCUT2D eigenvalue weighted by Gasteiger charge is -2.42. The maximum atomic E-state index is 11.2. The predicted octanol–water partition coefficient (Wildman–Crippen LogP) is -0.356. The molecule has 0 aliphatic carbocycles. The summed E-state index contributed by atoms with van der Waals surface area (Å²) in [5.41, 5.74) is 0.865. The van der Waals surface area contributed by atoms with Crippen molar-refractivity contribution in [2.75, 3.05) is 6.61 Å². The van der Waals surface area contributed by atoms with E-state index < -0.39 is 36.6 Å². The van der Waals surface area contributed by atoms with E-state index >= 15 is 0 Å². The molecule has 1 aliphatic rings. The topological polar surface area (TPSA) is 117 Å². The molecule has 23 heavy (non-hydrogen) atoms. The standard InChI is InChI=1S/C15H21NO7/c1-9(17)16-15-13(19)14(12(18)11(23-15)8-22-20)21-7-10-5-3-2-4-6-10/h2-6,11-15,18-20H,7-8H2,1H3,(H,16,17)/t11-,12-,13-,14+,15-/m1/s1. The number of aliphatic hydroxyl groups is 2. The number of hydrogen-bond donors (Lipinski definition) is 4. The lowest BCUT2D eigenvalue weighted by Crippen LogP contribution is -2.63. The van der Waals surface area contributed by atoms with Crippen LogP contribution in [0.15, 0.2) is 30.3 Å². The molecule has 5 atom stereocenters. The number of hydrogen-bond acceptors (Lipinski definition) is 7. The van der Waals surface area contributed by atoms with Crippen molar-refractivity contribution < 1.29 is 34.6 Å². The highest BCUT2D eigenvalue weighted by Gasteiger charge is 2.45. The van der Waals surface area contributed by atoms with Crippen molar-refractivity contribution >= 4 is 5.91 Å². The molecule has 0 aromatic heterocycles. The first-order valence-corrected chi connectivity index (χ1v) is 7.23. The maximum Gasteiger partial charge on any atom is 0.218 e. The van der Waals surface area contributed by atoms with E-state index in [-0.39, 0.29) is 13.2 Å². The molecule has 8 heteroatoms. The van der Waals surface area contributed by atoms with E-state index in [4.69, 9.17) is 14.7 Å². The highest BCUT2D eigenvalue weighted by Crippen LogP contribution is 2.23. The molecule has 0 unspecified atom stereocenters. The van der Waals surface area contributed by atoms with Crippen LogP contribution in [-0.4, -0.2) is 58.6 Å². The SMILES string of the molecule is CC(=O)N[C@@H]1O[C@H](COO)[C@@H](O)[C@H](OCc2ccccc2)[C@H]1O. The second-order valence-corrected chi connectivity index (χ2v) is 5.33. The molecule has 1 heterocycles. The maximum absolute atomic E-state index is 11.2. The van der Waals surface area contributed by atoms with Gasteiger partial charge in [-0.1, -0.05) is 30.3 Å². The number of aliphatic hydroxyl groups excluding tert-OH is 2. The number of rotatable bonds is 6. The van der Waals surface area contributed by atoms with Gasteiger partial charge >= 0.3 is 0 Å². The number of benzene rings is 1. The first kappa shape index (κ1) is 17.8. The summed E-state index contributed by atoms with van der Waals surface area (Å²) < 4.78 is 11.0. The average Bonchev–Trinajstić information content (AvgIpc) is 2.52. The van der Waals surface area contributed by atoms with E-state index in [1.54, 1.807) is 0 Å². The summed E-state index contributed by atoms with van der Waals surface area (Å²) in [6.07, 6.45) is -5.54. The molecule has 128 valence electrons. The Morgan fingerprint density at radius 1 is 1.26 bits per heavy atom. The molecule has 1 aromatic rings. The van der Waals surface area contributed by atoms with Crippen LogP contribution in [0.3, 0.4) is 0 Å². The predicted molar refractivity (Wildman–Crippen MR) is 78.1 cm³/mol. The van der Waals surface area contributed by atoms with E-state index in [9.17, 15) is 15.0 Å². The molecule has 1 saturated heterocycles. The zero-order valence-corrected chi connectivity index (χ0v) is 12.7. The van der Waals surface area contributed by atoms with Crippen LogP contribution in [0.5, 0.6) is 0 Å². The minimum Gasteiger partial charge on any atom is -0.387 e. The first-order chi connectivity index (χ1) is 11.0. The second kappa shape index (κ2) is 8.34. The normalized spacial score (nSPS) is 30.9. The van der Waals surface area contributed by atoms with Crippen molar-refractivity contribution in [1.29, 1.82) is 0 Å². The molecule has 1 aliphatic heterocycles. The molecular weight excluding hydrogens is 306 g/mol. The third-order valence-corrected chi connectivity index (χ3v) is 3.56.